The quantitative estimate of drug-likeness (QED) is 0.676. The lowest BCUT2D eigenvalue weighted by Gasteiger charge is -2.28. The van der Waals surface area contributed by atoms with Crippen LogP contribution >= 0.6 is 0 Å². The number of nitrogens with zero attached hydrogens (tertiary/aromatic N) is 2. The van der Waals surface area contributed by atoms with Crippen molar-refractivity contribution in [3.05, 3.63) is 53.7 Å². The van der Waals surface area contributed by atoms with E-state index in [-0.39, 0.29) is 6.10 Å². The molecule has 1 fully saturated rings. The molecule has 3 aromatic rings. The number of nitriles is 1. The van der Waals surface area contributed by atoms with Gasteiger partial charge in [0, 0.05) is 36.7 Å². The zero-order valence-electron chi connectivity index (χ0n) is 17.9. The molecular formula is C25H27N3O3. The minimum Gasteiger partial charge on any atom is -0.493 e. The maximum atomic E-state index is 9.29. The number of aryl methyl sites for hydroxylation is 1. The molecular weight excluding hydrogens is 390 g/mol. The summed E-state index contributed by atoms with van der Waals surface area (Å²) in [6.45, 7) is 1.27. The Morgan fingerprint density at radius 1 is 1.26 bits per heavy atom. The molecule has 0 radical (unpaired) electrons. The van der Waals surface area contributed by atoms with Gasteiger partial charge in [0.15, 0.2) is 11.5 Å². The summed E-state index contributed by atoms with van der Waals surface area (Å²) in [5.74, 6) is 2.64. The Morgan fingerprint density at radius 2 is 2.16 bits per heavy atom. The van der Waals surface area contributed by atoms with E-state index in [1.807, 2.05) is 30.3 Å². The summed E-state index contributed by atoms with van der Waals surface area (Å²) in [5, 5.41) is 14.2. The summed E-state index contributed by atoms with van der Waals surface area (Å²) >= 11 is 0. The second-order valence-electron chi connectivity index (χ2n) is 8.49. The molecule has 1 N–H and O–H groups in total. The highest BCUT2D eigenvalue weighted by atomic mass is 16.6. The molecule has 1 aliphatic carbocycles. The largest absolute Gasteiger partial charge is 0.493 e. The fourth-order valence-electron chi connectivity index (χ4n) is 4.94. The van der Waals surface area contributed by atoms with Gasteiger partial charge >= 0.3 is 0 Å². The number of hydrogen-bond donors (Lipinski definition) is 1. The Kier molecular flexibility index (Phi) is 5.21. The third-order valence-electron chi connectivity index (χ3n) is 6.53. The Labute approximate surface area is 182 Å². The van der Waals surface area contributed by atoms with Gasteiger partial charge in [-0.2, -0.15) is 5.26 Å². The fourth-order valence-corrected chi connectivity index (χ4v) is 4.94. The van der Waals surface area contributed by atoms with Crippen LogP contribution in [0.1, 0.15) is 36.3 Å². The number of para-hydroxylation sites is 1. The maximum absolute atomic E-state index is 9.29. The van der Waals surface area contributed by atoms with Crippen molar-refractivity contribution in [1.82, 2.24) is 9.88 Å². The van der Waals surface area contributed by atoms with Crippen molar-refractivity contribution in [3.63, 3.8) is 0 Å². The van der Waals surface area contributed by atoms with Gasteiger partial charge in [-0.25, -0.2) is 0 Å². The Bertz CT molecular complexity index is 1130. The first-order valence-electron chi connectivity index (χ1n) is 10.8. The summed E-state index contributed by atoms with van der Waals surface area (Å²) < 4.78 is 19.6. The van der Waals surface area contributed by atoms with Gasteiger partial charge < -0.3 is 24.1 Å². The van der Waals surface area contributed by atoms with Crippen molar-refractivity contribution in [2.75, 3.05) is 20.3 Å². The van der Waals surface area contributed by atoms with Crippen LogP contribution in [0.2, 0.25) is 0 Å². The maximum Gasteiger partial charge on any atom is 0.204 e. The SMILES string of the molecule is COc1cccc2c1O[C@@H](CN[C@H]1CC[C@H](c3cn(C)c4ccc(C#N)cc34)C1)CO2. The van der Waals surface area contributed by atoms with E-state index < -0.39 is 0 Å². The van der Waals surface area contributed by atoms with Crippen LogP contribution in [0.15, 0.2) is 42.6 Å². The Morgan fingerprint density at radius 3 is 3.00 bits per heavy atom. The first-order chi connectivity index (χ1) is 15.2. The predicted octanol–water partition coefficient (Wildman–Crippen LogP) is 4.12. The fraction of sp³-hybridized carbons (Fsp3) is 0.400. The smallest absolute Gasteiger partial charge is 0.204 e. The summed E-state index contributed by atoms with van der Waals surface area (Å²) in [6, 6.07) is 14.4. The second-order valence-corrected chi connectivity index (χ2v) is 8.49. The minimum atomic E-state index is -0.0430. The van der Waals surface area contributed by atoms with Gasteiger partial charge in [-0.1, -0.05) is 6.07 Å². The molecule has 0 spiro atoms. The molecule has 31 heavy (non-hydrogen) atoms. The van der Waals surface area contributed by atoms with Crippen LogP contribution in [0.3, 0.4) is 0 Å². The highest BCUT2D eigenvalue weighted by molar-refractivity contribution is 5.86. The third-order valence-corrected chi connectivity index (χ3v) is 6.53. The molecule has 160 valence electrons. The van der Waals surface area contributed by atoms with E-state index in [0.29, 0.717) is 30.1 Å². The number of rotatable bonds is 5. The van der Waals surface area contributed by atoms with Crippen LogP contribution in [0, 0.1) is 11.3 Å². The number of aromatic nitrogens is 1. The molecule has 6 nitrogen and oxygen atoms in total. The topological polar surface area (TPSA) is 68.4 Å². The molecule has 2 aliphatic rings. The lowest BCUT2D eigenvalue weighted by Crippen LogP contribution is -2.41. The molecule has 0 unspecified atom stereocenters. The lowest BCUT2D eigenvalue weighted by atomic mass is 9.96. The van der Waals surface area contributed by atoms with Crippen LogP contribution < -0.4 is 19.5 Å². The highest BCUT2D eigenvalue weighted by Crippen LogP contribution is 2.41. The van der Waals surface area contributed by atoms with E-state index in [2.05, 4.69) is 35.3 Å². The number of benzene rings is 2. The molecule has 1 aliphatic heterocycles. The van der Waals surface area contributed by atoms with E-state index in [1.54, 1.807) is 7.11 Å². The first kappa shape index (κ1) is 19.8. The molecule has 5 rings (SSSR count). The molecule has 1 saturated carbocycles. The van der Waals surface area contributed by atoms with E-state index in [1.165, 1.54) is 16.5 Å². The van der Waals surface area contributed by atoms with Gasteiger partial charge in [-0.3, -0.25) is 0 Å². The third kappa shape index (κ3) is 3.70. The van der Waals surface area contributed by atoms with Gasteiger partial charge in [0.05, 0.1) is 18.7 Å². The van der Waals surface area contributed by atoms with Crippen LogP contribution in [-0.4, -0.2) is 37.0 Å². The Balaban J connectivity index is 1.23. The monoisotopic (exact) mass is 417 g/mol. The number of ether oxygens (including phenoxy) is 3. The van der Waals surface area contributed by atoms with Crippen LogP contribution in [0.4, 0.5) is 0 Å². The van der Waals surface area contributed by atoms with Crippen LogP contribution in [0.25, 0.3) is 10.9 Å². The number of methoxy groups -OCH3 is 1. The summed E-state index contributed by atoms with van der Waals surface area (Å²) in [5.41, 5.74) is 3.26. The van der Waals surface area contributed by atoms with Crippen molar-refractivity contribution in [1.29, 1.82) is 5.26 Å². The van der Waals surface area contributed by atoms with Gasteiger partial charge in [0.1, 0.15) is 12.7 Å². The molecule has 0 bridgehead atoms. The number of hydrogen-bond acceptors (Lipinski definition) is 5. The average Bonchev–Trinajstić information content (AvgIpc) is 3.41. The van der Waals surface area contributed by atoms with Gasteiger partial charge in [-0.15, -0.1) is 0 Å². The minimum absolute atomic E-state index is 0.0430. The number of fused-ring (bicyclic) bond motifs is 2. The summed E-state index contributed by atoms with van der Waals surface area (Å²) in [6.07, 6.45) is 5.56. The normalized spacial score (nSPS) is 22.4. The van der Waals surface area contributed by atoms with Gasteiger partial charge in [-0.05, 0) is 61.1 Å². The summed E-state index contributed by atoms with van der Waals surface area (Å²) in [7, 11) is 3.72. The Hall–Kier alpha value is -3.17. The molecule has 2 aromatic carbocycles. The van der Waals surface area contributed by atoms with Crippen LogP contribution in [-0.2, 0) is 7.05 Å². The first-order valence-corrected chi connectivity index (χ1v) is 10.8. The molecule has 1 aromatic heterocycles. The molecule has 0 saturated heterocycles. The van der Waals surface area contributed by atoms with Crippen molar-refractivity contribution < 1.29 is 14.2 Å². The zero-order valence-corrected chi connectivity index (χ0v) is 17.9. The van der Waals surface area contributed by atoms with E-state index in [0.717, 1.165) is 37.1 Å². The average molecular weight is 418 g/mol. The zero-order chi connectivity index (χ0) is 21.4. The van der Waals surface area contributed by atoms with Gasteiger partial charge in [0.25, 0.3) is 0 Å². The van der Waals surface area contributed by atoms with Crippen molar-refractivity contribution in [2.24, 2.45) is 7.05 Å². The van der Waals surface area contributed by atoms with Gasteiger partial charge in [0.2, 0.25) is 5.75 Å². The highest BCUT2D eigenvalue weighted by Gasteiger charge is 2.30. The van der Waals surface area contributed by atoms with E-state index >= 15 is 0 Å². The summed E-state index contributed by atoms with van der Waals surface area (Å²) in [4.78, 5) is 0. The molecule has 2 heterocycles. The van der Waals surface area contributed by atoms with E-state index in [4.69, 9.17) is 14.2 Å². The van der Waals surface area contributed by atoms with Crippen LogP contribution in [0.5, 0.6) is 17.2 Å². The molecule has 6 heteroatoms. The lowest BCUT2D eigenvalue weighted by molar-refractivity contribution is 0.0844. The predicted molar refractivity (Wildman–Crippen MR) is 119 cm³/mol. The molecule has 0 amide bonds. The second kappa shape index (κ2) is 8.16. The molecule has 3 atom stereocenters. The van der Waals surface area contributed by atoms with E-state index in [9.17, 15) is 5.26 Å². The number of nitrogens with one attached hydrogen (secondary N) is 1. The van der Waals surface area contributed by atoms with Crippen molar-refractivity contribution >= 4 is 10.9 Å². The van der Waals surface area contributed by atoms with Crippen molar-refractivity contribution in [3.8, 4) is 23.3 Å². The van der Waals surface area contributed by atoms with Crippen molar-refractivity contribution in [2.45, 2.75) is 37.3 Å². The standard InChI is InChI=1S/C25H27N3O3/c1-28-14-21(20-10-16(12-26)6-9-22(20)28)17-7-8-18(11-17)27-13-19-15-30-24-5-3-4-23(29-2)25(24)31-19/h3-6,9-10,14,17-19,27H,7-8,11,13,15H2,1-2H3/t17-,18-,19-/m0/s1.